The molecule has 1 fully saturated rings. The molecule has 9 heteroatoms. The largest absolute Gasteiger partial charge is 0.391 e. The highest BCUT2D eigenvalue weighted by atomic mass is 16.5. The molecule has 0 aliphatic carbocycles. The van der Waals surface area contributed by atoms with Crippen LogP contribution in [0.3, 0.4) is 0 Å². The highest BCUT2D eigenvalue weighted by molar-refractivity contribution is 5.93. The number of fused-ring (bicyclic) bond motifs is 1. The number of nitrogens with two attached hydrogens (primary N) is 2. The van der Waals surface area contributed by atoms with E-state index in [0.29, 0.717) is 17.2 Å². The van der Waals surface area contributed by atoms with E-state index in [1.807, 2.05) is 0 Å². The van der Waals surface area contributed by atoms with E-state index in [-0.39, 0.29) is 5.96 Å². The van der Waals surface area contributed by atoms with Crippen molar-refractivity contribution in [3.05, 3.63) is 18.6 Å². The first-order chi connectivity index (χ1) is 11.3. The second-order valence-electron chi connectivity index (χ2n) is 5.87. The Balaban J connectivity index is 2.12. The van der Waals surface area contributed by atoms with Gasteiger partial charge in [0.25, 0.3) is 0 Å². The third-order valence-corrected chi connectivity index (χ3v) is 4.12. The van der Waals surface area contributed by atoms with Crippen LogP contribution in [-0.2, 0) is 4.74 Å². The minimum Gasteiger partial charge on any atom is -0.391 e. The van der Waals surface area contributed by atoms with E-state index in [2.05, 4.69) is 33.7 Å². The van der Waals surface area contributed by atoms with E-state index in [4.69, 9.17) is 16.2 Å². The monoisotopic (exact) mass is 332 g/mol. The molecule has 24 heavy (non-hydrogen) atoms. The molecule has 0 radical (unpaired) electrons. The lowest BCUT2D eigenvalue weighted by molar-refractivity contribution is -0.0761. The van der Waals surface area contributed by atoms with Crippen molar-refractivity contribution < 1.29 is 14.9 Å². The zero-order valence-corrected chi connectivity index (χ0v) is 13.4. The average molecular weight is 332 g/mol. The Hall–Kier alpha value is -2.38. The van der Waals surface area contributed by atoms with Crippen LogP contribution in [0.15, 0.2) is 17.9 Å². The summed E-state index contributed by atoms with van der Waals surface area (Å²) in [7, 11) is 0. The summed E-state index contributed by atoms with van der Waals surface area (Å²) in [6.45, 7) is 6.97. The number of aliphatic imine (C=N–C) groups is 1. The molecular formula is C15H20N6O3. The van der Waals surface area contributed by atoms with Crippen LogP contribution in [0.1, 0.15) is 25.8 Å². The van der Waals surface area contributed by atoms with Crippen LogP contribution in [-0.4, -0.2) is 49.6 Å². The van der Waals surface area contributed by atoms with Gasteiger partial charge in [-0.15, -0.1) is 5.92 Å². The van der Waals surface area contributed by atoms with Crippen LogP contribution in [0.4, 0.5) is 5.82 Å². The van der Waals surface area contributed by atoms with E-state index in [1.165, 1.54) is 13.3 Å². The molecule has 2 aliphatic heterocycles. The summed E-state index contributed by atoms with van der Waals surface area (Å²) in [5, 5.41) is 23.2. The van der Waals surface area contributed by atoms with Crippen LogP contribution >= 0.6 is 0 Å². The molecular weight excluding hydrogens is 312 g/mol. The summed E-state index contributed by atoms with van der Waals surface area (Å²) in [6, 6.07) is 0. The molecule has 128 valence electrons. The molecule has 0 aromatic carbocycles. The van der Waals surface area contributed by atoms with Gasteiger partial charge in [-0.05, 0) is 13.8 Å². The molecule has 3 heterocycles. The number of nitrogens with one attached hydrogen (secondary N) is 1. The van der Waals surface area contributed by atoms with Gasteiger partial charge in [-0.2, -0.15) is 4.99 Å². The molecule has 5 atom stereocenters. The molecule has 2 aliphatic rings. The Morgan fingerprint density at radius 1 is 1.58 bits per heavy atom. The zero-order chi connectivity index (χ0) is 17.6. The predicted molar refractivity (Wildman–Crippen MR) is 87.6 cm³/mol. The van der Waals surface area contributed by atoms with Gasteiger partial charge in [0.05, 0.1) is 18.1 Å². The third-order valence-electron chi connectivity index (χ3n) is 4.12. The number of rotatable bonds is 2. The quantitative estimate of drug-likeness (QED) is 0.426. The van der Waals surface area contributed by atoms with Gasteiger partial charge in [0, 0.05) is 0 Å². The minimum absolute atomic E-state index is 0.157. The van der Waals surface area contributed by atoms with E-state index in [9.17, 15) is 10.2 Å². The summed E-state index contributed by atoms with van der Waals surface area (Å²) in [5.41, 5.74) is 11.6. The van der Waals surface area contributed by atoms with Gasteiger partial charge >= 0.3 is 0 Å². The van der Waals surface area contributed by atoms with Crippen molar-refractivity contribution in [2.75, 3.05) is 0 Å². The molecule has 0 amide bonds. The summed E-state index contributed by atoms with van der Waals surface area (Å²) in [5.74, 6) is 6.06. The molecule has 1 saturated heterocycles. The van der Waals surface area contributed by atoms with Crippen molar-refractivity contribution in [3.8, 4) is 11.8 Å². The van der Waals surface area contributed by atoms with E-state index < -0.39 is 30.1 Å². The number of hydrogen-bond acceptors (Lipinski definition) is 8. The lowest BCUT2D eigenvalue weighted by Gasteiger charge is -2.28. The Kier molecular flexibility index (Phi) is 3.85. The smallest absolute Gasteiger partial charge is 0.199 e. The van der Waals surface area contributed by atoms with Gasteiger partial charge in [0.15, 0.2) is 23.5 Å². The van der Waals surface area contributed by atoms with Crippen molar-refractivity contribution in [1.82, 2.24) is 14.9 Å². The summed E-state index contributed by atoms with van der Waals surface area (Å²) in [4.78, 5) is 8.46. The molecule has 0 saturated carbocycles. The topological polar surface area (TPSA) is 144 Å². The Bertz CT molecular complexity index is 774. The zero-order valence-electron chi connectivity index (χ0n) is 13.4. The SMILES string of the molecule is C=C1NC(N)=Nc2c1ncn2[C@@H]1OC([C@@H](C)O)C(O)[C@]1(N)C#CC. The molecule has 3 rings (SSSR count). The van der Waals surface area contributed by atoms with Gasteiger partial charge in [0.1, 0.15) is 17.9 Å². The number of guanidine groups is 1. The normalized spacial score (nSPS) is 33.1. The number of imidazole rings is 1. The number of ether oxygens (including phenoxy) is 1. The van der Waals surface area contributed by atoms with Crippen molar-refractivity contribution in [2.24, 2.45) is 16.5 Å². The Morgan fingerprint density at radius 2 is 2.29 bits per heavy atom. The van der Waals surface area contributed by atoms with Gasteiger partial charge in [-0.3, -0.25) is 4.57 Å². The van der Waals surface area contributed by atoms with Gasteiger partial charge in [-0.25, -0.2) is 4.98 Å². The number of aliphatic hydroxyl groups excluding tert-OH is 2. The molecule has 0 bridgehead atoms. The highest BCUT2D eigenvalue weighted by Crippen LogP contribution is 2.41. The van der Waals surface area contributed by atoms with Crippen LogP contribution in [0, 0.1) is 11.8 Å². The highest BCUT2D eigenvalue weighted by Gasteiger charge is 2.56. The fraction of sp³-hybridized carbons (Fsp3) is 0.467. The molecule has 1 aromatic rings. The van der Waals surface area contributed by atoms with Crippen molar-refractivity contribution >= 4 is 17.5 Å². The Morgan fingerprint density at radius 3 is 2.92 bits per heavy atom. The van der Waals surface area contributed by atoms with Crippen LogP contribution < -0.4 is 16.8 Å². The second kappa shape index (κ2) is 5.61. The maximum absolute atomic E-state index is 10.6. The van der Waals surface area contributed by atoms with Crippen LogP contribution in [0.2, 0.25) is 0 Å². The maximum atomic E-state index is 10.6. The number of hydrogen-bond donors (Lipinski definition) is 5. The lowest BCUT2D eigenvalue weighted by Crippen LogP contribution is -2.54. The van der Waals surface area contributed by atoms with Crippen molar-refractivity contribution in [2.45, 2.75) is 43.9 Å². The lowest BCUT2D eigenvalue weighted by atomic mass is 9.90. The van der Waals surface area contributed by atoms with Gasteiger partial charge in [0.2, 0.25) is 0 Å². The first-order valence-electron chi connectivity index (χ1n) is 7.41. The number of aromatic nitrogens is 2. The summed E-state index contributed by atoms with van der Waals surface area (Å²) < 4.78 is 7.37. The van der Waals surface area contributed by atoms with Crippen molar-refractivity contribution in [3.63, 3.8) is 0 Å². The predicted octanol–water partition coefficient (Wildman–Crippen LogP) is -1.24. The summed E-state index contributed by atoms with van der Waals surface area (Å²) in [6.07, 6.45) is -2.46. The molecule has 7 N–H and O–H groups in total. The van der Waals surface area contributed by atoms with E-state index in [0.717, 1.165) is 0 Å². The molecule has 2 unspecified atom stereocenters. The molecule has 0 spiro atoms. The fourth-order valence-corrected chi connectivity index (χ4v) is 2.98. The van der Waals surface area contributed by atoms with Crippen LogP contribution in [0.5, 0.6) is 0 Å². The minimum atomic E-state index is -1.44. The van der Waals surface area contributed by atoms with E-state index >= 15 is 0 Å². The third kappa shape index (κ3) is 2.28. The van der Waals surface area contributed by atoms with Gasteiger partial charge < -0.3 is 31.7 Å². The number of nitrogens with zero attached hydrogens (tertiary/aromatic N) is 3. The average Bonchev–Trinajstić information content (AvgIpc) is 3.00. The molecule has 9 nitrogen and oxygen atoms in total. The standard InChI is InChI=1S/C15H20N6O3/c1-4-5-15(17)11(23)10(8(3)22)24-13(15)21-6-18-9-7(2)19-14(16)20-12(9)21/h6,8,10-11,13,22-23H,2,17H2,1,3H3,(H3,16,19,20)/t8-,10?,11?,13-,15-/m1/s1. The maximum Gasteiger partial charge on any atom is 0.199 e. The molecule has 1 aromatic heterocycles. The first-order valence-corrected chi connectivity index (χ1v) is 7.41. The fourth-order valence-electron chi connectivity index (χ4n) is 2.98. The van der Waals surface area contributed by atoms with Crippen molar-refractivity contribution in [1.29, 1.82) is 0 Å². The Labute approximate surface area is 139 Å². The van der Waals surface area contributed by atoms with E-state index in [1.54, 1.807) is 11.5 Å². The van der Waals surface area contributed by atoms with Crippen LogP contribution in [0.25, 0.3) is 5.70 Å². The summed E-state index contributed by atoms with van der Waals surface area (Å²) >= 11 is 0. The van der Waals surface area contributed by atoms with Gasteiger partial charge in [-0.1, -0.05) is 12.5 Å². The second-order valence-corrected chi connectivity index (χ2v) is 5.87. The number of aliphatic hydroxyl groups is 2. The first kappa shape index (κ1) is 16.5.